The number of hydrogen-bond donors (Lipinski definition) is 1. The van der Waals surface area contributed by atoms with Gasteiger partial charge in [-0.05, 0) is 48.0 Å². The van der Waals surface area contributed by atoms with E-state index in [0.717, 1.165) is 30.8 Å². The van der Waals surface area contributed by atoms with Crippen LogP contribution < -0.4 is 0 Å². The molecule has 3 aromatic rings. The quantitative estimate of drug-likeness (QED) is 0.753. The molecule has 2 heterocycles. The number of piperazine rings is 1. The van der Waals surface area contributed by atoms with Gasteiger partial charge in [0.15, 0.2) is 0 Å². The molecule has 1 fully saturated rings. The van der Waals surface area contributed by atoms with Crippen molar-refractivity contribution in [3.63, 3.8) is 0 Å². The Morgan fingerprint density at radius 1 is 0.929 bits per heavy atom. The lowest BCUT2D eigenvalue weighted by Gasteiger charge is -2.34. The van der Waals surface area contributed by atoms with Gasteiger partial charge < -0.3 is 4.90 Å². The highest BCUT2D eigenvalue weighted by atomic mass is 19.1. The predicted octanol–water partition coefficient (Wildman–Crippen LogP) is 3.31. The van der Waals surface area contributed by atoms with Gasteiger partial charge in [0.05, 0.1) is 5.69 Å². The first kappa shape index (κ1) is 18.3. The number of amides is 1. The molecule has 0 radical (unpaired) electrons. The third kappa shape index (κ3) is 4.09. The van der Waals surface area contributed by atoms with E-state index < -0.39 is 0 Å². The molecule has 0 aliphatic carbocycles. The number of carbonyl (C=O) groups excluding carboxylic acids is 1. The van der Waals surface area contributed by atoms with E-state index in [1.807, 2.05) is 0 Å². The first-order valence-corrected chi connectivity index (χ1v) is 9.16. The number of hydrogen-bond acceptors (Lipinski definition) is 3. The van der Waals surface area contributed by atoms with Crippen LogP contribution in [0.15, 0.2) is 54.6 Å². The molecule has 1 aliphatic heterocycles. The van der Waals surface area contributed by atoms with E-state index in [4.69, 9.17) is 0 Å². The summed E-state index contributed by atoms with van der Waals surface area (Å²) >= 11 is 0. The topological polar surface area (TPSA) is 52.2 Å². The highest BCUT2D eigenvalue weighted by molar-refractivity contribution is 5.93. The molecule has 0 bridgehead atoms. The molecule has 1 saturated heterocycles. The lowest BCUT2D eigenvalue weighted by molar-refractivity contribution is 0.0622. The second-order valence-corrected chi connectivity index (χ2v) is 6.87. The minimum absolute atomic E-state index is 0.0951. The maximum absolute atomic E-state index is 13.1. The van der Waals surface area contributed by atoms with Crippen LogP contribution in [0.1, 0.15) is 16.1 Å². The number of benzene rings is 2. The number of aromatic amines is 1. The van der Waals surface area contributed by atoms with E-state index in [1.165, 1.54) is 24.3 Å². The summed E-state index contributed by atoms with van der Waals surface area (Å²) in [7, 11) is 0. The van der Waals surface area contributed by atoms with Crippen molar-refractivity contribution in [1.29, 1.82) is 0 Å². The molecule has 144 valence electrons. The van der Waals surface area contributed by atoms with E-state index in [1.54, 1.807) is 35.2 Å². The number of rotatable bonds is 4. The summed E-state index contributed by atoms with van der Waals surface area (Å²) in [6, 6.07) is 14.2. The smallest absolute Gasteiger partial charge is 0.271 e. The number of carbonyl (C=O) groups is 1. The Balaban J connectivity index is 1.35. The Labute approximate surface area is 161 Å². The van der Waals surface area contributed by atoms with Gasteiger partial charge in [-0.15, -0.1) is 0 Å². The van der Waals surface area contributed by atoms with Crippen LogP contribution in [0.3, 0.4) is 0 Å². The van der Waals surface area contributed by atoms with Crippen LogP contribution in [0.25, 0.3) is 11.3 Å². The fourth-order valence-electron chi connectivity index (χ4n) is 3.33. The zero-order valence-corrected chi connectivity index (χ0v) is 15.2. The number of nitrogens with zero attached hydrogens (tertiary/aromatic N) is 3. The zero-order valence-electron chi connectivity index (χ0n) is 15.2. The molecule has 2 aromatic carbocycles. The number of nitrogens with one attached hydrogen (secondary N) is 1. The lowest BCUT2D eigenvalue weighted by Crippen LogP contribution is -2.48. The highest BCUT2D eigenvalue weighted by Crippen LogP contribution is 2.19. The maximum atomic E-state index is 13.1. The maximum Gasteiger partial charge on any atom is 0.271 e. The molecule has 28 heavy (non-hydrogen) atoms. The van der Waals surface area contributed by atoms with Crippen molar-refractivity contribution in [2.45, 2.75) is 6.54 Å². The van der Waals surface area contributed by atoms with Gasteiger partial charge in [0, 0.05) is 38.3 Å². The van der Waals surface area contributed by atoms with Crippen LogP contribution in [0, 0.1) is 11.6 Å². The normalized spacial score (nSPS) is 15.0. The summed E-state index contributed by atoms with van der Waals surface area (Å²) in [6.45, 7) is 3.47. The molecule has 0 unspecified atom stereocenters. The van der Waals surface area contributed by atoms with Crippen LogP contribution in [-0.2, 0) is 6.54 Å². The third-order valence-corrected chi connectivity index (χ3v) is 4.93. The molecule has 1 amide bonds. The van der Waals surface area contributed by atoms with Gasteiger partial charge in [-0.25, -0.2) is 8.78 Å². The summed E-state index contributed by atoms with van der Waals surface area (Å²) in [5.41, 5.74) is 2.84. The molecular weight excluding hydrogens is 362 g/mol. The van der Waals surface area contributed by atoms with Crippen molar-refractivity contribution >= 4 is 5.91 Å². The molecule has 5 nitrogen and oxygen atoms in total. The molecule has 7 heteroatoms. The van der Waals surface area contributed by atoms with Gasteiger partial charge in [-0.2, -0.15) is 5.10 Å². The van der Waals surface area contributed by atoms with Crippen molar-refractivity contribution in [3.8, 4) is 11.3 Å². The molecule has 4 rings (SSSR count). The second-order valence-electron chi connectivity index (χ2n) is 6.87. The minimum atomic E-state index is -0.311. The fourth-order valence-corrected chi connectivity index (χ4v) is 3.33. The predicted molar refractivity (Wildman–Crippen MR) is 102 cm³/mol. The van der Waals surface area contributed by atoms with Crippen LogP contribution in [0.2, 0.25) is 0 Å². The van der Waals surface area contributed by atoms with Gasteiger partial charge >= 0.3 is 0 Å². The van der Waals surface area contributed by atoms with Gasteiger partial charge in [-0.3, -0.25) is 14.8 Å². The average Bonchev–Trinajstić information content (AvgIpc) is 3.20. The van der Waals surface area contributed by atoms with E-state index in [9.17, 15) is 13.6 Å². The summed E-state index contributed by atoms with van der Waals surface area (Å²) in [5, 5.41) is 6.96. The Morgan fingerprint density at radius 2 is 1.54 bits per heavy atom. The van der Waals surface area contributed by atoms with E-state index in [0.29, 0.717) is 24.5 Å². The molecule has 0 atom stereocenters. The molecule has 0 spiro atoms. The summed E-state index contributed by atoms with van der Waals surface area (Å²) < 4.78 is 26.1. The van der Waals surface area contributed by atoms with E-state index in [2.05, 4.69) is 15.1 Å². The molecule has 1 aliphatic rings. The Morgan fingerprint density at radius 3 is 2.18 bits per heavy atom. The second kappa shape index (κ2) is 7.90. The molecular formula is C21H20F2N4O. The van der Waals surface area contributed by atoms with Crippen molar-refractivity contribution in [3.05, 3.63) is 77.5 Å². The van der Waals surface area contributed by atoms with E-state index >= 15 is 0 Å². The lowest BCUT2D eigenvalue weighted by atomic mass is 10.1. The largest absolute Gasteiger partial charge is 0.335 e. The minimum Gasteiger partial charge on any atom is -0.335 e. The van der Waals surface area contributed by atoms with Crippen LogP contribution in [0.5, 0.6) is 0 Å². The highest BCUT2D eigenvalue weighted by Gasteiger charge is 2.23. The van der Waals surface area contributed by atoms with Crippen molar-refractivity contribution in [2.24, 2.45) is 0 Å². The van der Waals surface area contributed by atoms with Gasteiger partial charge in [0.25, 0.3) is 5.91 Å². The fraction of sp³-hybridized carbons (Fsp3) is 0.238. The van der Waals surface area contributed by atoms with Gasteiger partial charge in [-0.1, -0.05) is 12.1 Å². The van der Waals surface area contributed by atoms with Crippen molar-refractivity contribution < 1.29 is 13.6 Å². The van der Waals surface area contributed by atoms with E-state index in [-0.39, 0.29) is 17.5 Å². The summed E-state index contributed by atoms with van der Waals surface area (Å²) in [6.07, 6.45) is 0. The molecule has 0 saturated carbocycles. The SMILES string of the molecule is O=C(c1cc(-c2ccc(F)cc2)n[nH]1)N1CCN(Cc2ccc(F)cc2)CC1. The number of H-pyrrole nitrogens is 1. The zero-order chi connectivity index (χ0) is 19.5. The Hall–Kier alpha value is -3.06. The Kier molecular flexibility index (Phi) is 5.16. The molecule has 1 aromatic heterocycles. The van der Waals surface area contributed by atoms with Gasteiger partial charge in [0.2, 0.25) is 0 Å². The van der Waals surface area contributed by atoms with Crippen molar-refractivity contribution in [1.82, 2.24) is 20.0 Å². The summed E-state index contributed by atoms with van der Waals surface area (Å²) in [5.74, 6) is -0.643. The number of aromatic nitrogens is 2. The first-order chi connectivity index (χ1) is 13.6. The third-order valence-electron chi connectivity index (χ3n) is 4.93. The standard InChI is InChI=1S/C21H20F2N4O/c22-17-5-1-15(2-6-17)14-26-9-11-27(12-10-26)21(28)20-13-19(24-25-20)16-3-7-18(23)8-4-16/h1-8,13H,9-12,14H2,(H,24,25). The van der Waals surface area contributed by atoms with Crippen molar-refractivity contribution in [2.75, 3.05) is 26.2 Å². The average molecular weight is 382 g/mol. The monoisotopic (exact) mass is 382 g/mol. The first-order valence-electron chi connectivity index (χ1n) is 9.16. The Bertz CT molecular complexity index is 945. The van der Waals surface area contributed by atoms with Gasteiger partial charge in [0.1, 0.15) is 17.3 Å². The van der Waals surface area contributed by atoms with Crippen LogP contribution >= 0.6 is 0 Å². The molecule has 1 N–H and O–H groups in total. The van der Waals surface area contributed by atoms with Crippen LogP contribution in [0.4, 0.5) is 8.78 Å². The summed E-state index contributed by atoms with van der Waals surface area (Å²) in [4.78, 5) is 16.8. The van der Waals surface area contributed by atoms with Crippen LogP contribution in [-0.4, -0.2) is 52.1 Å². The number of halogens is 2.